The van der Waals surface area contributed by atoms with Gasteiger partial charge in [0.2, 0.25) is 0 Å². The Balaban J connectivity index is 2.56. The van der Waals surface area contributed by atoms with E-state index < -0.39 is 5.60 Å². The van der Waals surface area contributed by atoms with E-state index in [9.17, 15) is 4.79 Å². The first-order valence-electron chi connectivity index (χ1n) is 4.64. The summed E-state index contributed by atoms with van der Waals surface area (Å²) >= 11 is 1.72. The van der Waals surface area contributed by atoms with Gasteiger partial charge in [-0.05, 0) is 20.8 Å². The molecule has 0 bridgehead atoms. The summed E-state index contributed by atoms with van der Waals surface area (Å²) in [5, 5.41) is 0. The van der Waals surface area contributed by atoms with E-state index in [2.05, 4.69) is 6.58 Å². The largest absolute Gasteiger partial charge is 0.444 e. The lowest BCUT2D eigenvalue weighted by atomic mass is 10.2. The van der Waals surface area contributed by atoms with Crippen LogP contribution in [0.1, 0.15) is 20.8 Å². The van der Waals surface area contributed by atoms with Crippen molar-refractivity contribution in [2.24, 2.45) is 0 Å². The molecule has 1 aliphatic rings. The third-order valence-electron chi connectivity index (χ3n) is 1.82. The zero-order valence-corrected chi connectivity index (χ0v) is 9.76. The zero-order chi connectivity index (χ0) is 10.8. The van der Waals surface area contributed by atoms with Gasteiger partial charge in [0.15, 0.2) is 0 Å². The van der Waals surface area contributed by atoms with Crippen molar-refractivity contribution in [1.82, 2.24) is 4.90 Å². The molecule has 1 rings (SSSR count). The quantitative estimate of drug-likeness (QED) is 0.629. The number of hydrogen-bond donors (Lipinski definition) is 0. The average Bonchev–Trinajstić information content (AvgIpc) is 2.47. The fraction of sp³-hybridized carbons (Fsp3) is 0.700. The predicted octanol–water partition coefficient (Wildman–Crippen LogP) is 2.48. The summed E-state index contributed by atoms with van der Waals surface area (Å²) in [4.78, 5) is 13.4. The number of amides is 1. The molecule has 1 saturated heterocycles. The van der Waals surface area contributed by atoms with Gasteiger partial charge in [-0.15, -0.1) is 18.3 Å². The van der Waals surface area contributed by atoms with Gasteiger partial charge in [0.25, 0.3) is 0 Å². The normalized spacial score (nSPS) is 22.2. The highest BCUT2D eigenvalue weighted by molar-refractivity contribution is 7.99. The first-order valence-corrected chi connectivity index (χ1v) is 5.79. The summed E-state index contributed by atoms with van der Waals surface area (Å²) < 4.78 is 5.28. The minimum Gasteiger partial charge on any atom is -0.444 e. The molecule has 80 valence electrons. The Bertz CT molecular complexity index is 235. The van der Waals surface area contributed by atoms with Crippen LogP contribution >= 0.6 is 11.8 Å². The smallest absolute Gasteiger partial charge is 0.411 e. The highest BCUT2D eigenvalue weighted by Gasteiger charge is 2.30. The lowest BCUT2D eigenvalue weighted by Gasteiger charge is -2.26. The minimum atomic E-state index is -0.421. The summed E-state index contributed by atoms with van der Waals surface area (Å²) in [5.74, 6) is 1.62. The Hall–Kier alpha value is -0.640. The Morgan fingerprint density at radius 2 is 2.29 bits per heavy atom. The van der Waals surface area contributed by atoms with E-state index in [4.69, 9.17) is 4.74 Å². The molecule has 0 spiro atoms. The maximum absolute atomic E-state index is 11.7. The maximum Gasteiger partial charge on any atom is 0.411 e. The molecule has 1 amide bonds. The first kappa shape index (κ1) is 11.4. The van der Waals surface area contributed by atoms with Crippen molar-refractivity contribution in [3.05, 3.63) is 12.7 Å². The second-order valence-corrected chi connectivity index (χ2v) is 5.25. The van der Waals surface area contributed by atoms with Gasteiger partial charge in [0.05, 0.1) is 11.9 Å². The minimum absolute atomic E-state index is 0.120. The third kappa shape index (κ3) is 2.94. The van der Waals surface area contributed by atoms with E-state index in [1.807, 2.05) is 20.8 Å². The number of ether oxygens (including phenoxy) is 1. The number of carbonyl (C=O) groups is 1. The fourth-order valence-electron chi connectivity index (χ4n) is 1.16. The molecule has 1 heterocycles. The number of hydrogen-bond acceptors (Lipinski definition) is 3. The summed E-state index contributed by atoms with van der Waals surface area (Å²) in [6.07, 6.45) is 1.55. The molecule has 0 N–H and O–H groups in total. The van der Waals surface area contributed by atoms with Crippen LogP contribution in [0.4, 0.5) is 4.79 Å². The van der Waals surface area contributed by atoms with Gasteiger partial charge >= 0.3 is 6.09 Å². The topological polar surface area (TPSA) is 29.5 Å². The number of carbonyl (C=O) groups excluding carboxylic acids is 1. The van der Waals surface area contributed by atoms with Crippen LogP contribution in [-0.4, -0.2) is 34.3 Å². The van der Waals surface area contributed by atoms with Crippen molar-refractivity contribution < 1.29 is 9.53 Å². The molecule has 14 heavy (non-hydrogen) atoms. The highest BCUT2D eigenvalue weighted by Crippen LogP contribution is 2.23. The van der Waals surface area contributed by atoms with Crippen LogP contribution in [0.25, 0.3) is 0 Å². The molecule has 0 aromatic rings. The predicted molar refractivity (Wildman–Crippen MR) is 59.4 cm³/mol. The van der Waals surface area contributed by atoms with Crippen molar-refractivity contribution in [3.63, 3.8) is 0 Å². The monoisotopic (exact) mass is 215 g/mol. The lowest BCUT2D eigenvalue weighted by molar-refractivity contribution is 0.0269. The van der Waals surface area contributed by atoms with Crippen molar-refractivity contribution in [2.45, 2.75) is 32.4 Å². The van der Waals surface area contributed by atoms with Crippen molar-refractivity contribution in [1.29, 1.82) is 0 Å². The first-order chi connectivity index (χ1) is 6.44. The second-order valence-electron chi connectivity index (χ2n) is 4.25. The van der Waals surface area contributed by atoms with Crippen LogP contribution in [0.15, 0.2) is 12.7 Å². The molecular weight excluding hydrogens is 198 g/mol. The lowest BCUT2D eigenvalue weighted by Crippen LogP contribution is -2.39. The van der Waals surface area contributed by atoms with Gasteiger partial charge in [0.1, 0.15) is 5.60 Å². The van der Waals surface area contributed by atoms with E-state index in [1.165, 1.54) is 0 Å². The molecule has 0 aromatic carbocycles. The molecule has 4 heteroatoms. The molecular formula is C10H17NO2S. The van der Waals surface area contributed by atoms with Crippen LogP contribution < -0.4 is 0 Å². The molecule has 1 atom stereocenters. The Kier molecular flexibility index (Phi) is 3.48. The molecule has 0 unspecified atom stereocenters. The second kappa shape index (κ2) is 4.26. The van der Waals surface area contributed by atoms with Gasteiger partial charge in [-0.2, -0.15) is 0 Å². The van der Waals surface area contributed by atoms with E-state index in [0.29, 0.717) is 5.88 Å². The number of rotatable bonds is 1. The molecule has 1 fully saturated rings. The van der Waals surface area contributed by atoms with Crippen LogP contribution in [0.5, 0.6) is 0 Å². The summed E-state index contributed by atoms with van der Waals surface area (Å²) in [7, 11) is 0. The maximum atomic E-state index is 11.7. The van der Waals surface area contributed by atoms with Gasteiger partial charge in [-0.3, -0.25) is 4.90 Å². The van der Waals surface area contributed by atoms with Crippen LogP contribution in [0.2, 0.25) is 0 Å². The van der Waals surface area contributed by atoms with Gasteiger partial charge in [-0.1, -0.05) is 6.08 Å². The van der Waals surface area contributed by atoms with E-state index >= 15 is 0 Å². The van der Waals surface area contributed by atoms with Crippen LogP contribution in [-0.2, 0) is 4.74 Å². The molecule has 0 aromatic heterocycles. The summed E-state index contributed by atoms with van der Waals surface area (Å²) in [5.41, 5.74) is -0.421. The Labute approximate surface area is 89.5 Å². The zero-order valence-electron chi connectivity index (χ0n) is 8.95. The SMILES string of the molecule is C=C[C@@H]1CSCN1C(=O)OC(C)(C)C. The van der Waals surface area contributed by atoms with Gasteiger partial charge in [0, 0.05) is 5.75 Å². The van der Waals surface area contributed by atoms with Crippen molar-refractivity contribution in [3.8, 4) is 0 Å². The average molecular weight is 215 g/mol. The molecule has 0 radical (unpaired) electrons. The Morgan fingerprint density at radius 1 is 1.64 bits per heavy atom. The Morgan fingerprint density at radius 3 is 2.79 bits per heavy atom. The summed E-state index contributed by atoms with van der Waals surface area (Å²) in [6.45, 7) is 9.33. The highest BCUT2D eigenvalue weighted by atomic mass is 32.2. The van der Waals surface area contributed by atoms with Crippen molar-refractivity contribution >= 4 is 17.9 Å². The summed E-state index contributed by atoms with van der Waals surface area (Å²) in [6, 6.07) is 0.120. The van der Waals surface area contributed by atoms with Crippen LogP contribution in [0.3, 0.4) is 0 Å². The van der Waals surface area contributed by atoms with Crippen molar-refractivity contribution in [2.75, 3.05) is 11.6 Å². The molecule has 3 nitrogen and oxygen atoms in total. The molecule has 1 aliphatic heterocycles. The standard InChI is InChI=1S/C10H17NO2S/c1-5-8-6-14-7-11(8)9(12)13-10(2,3)4/h5,8H,1,6-7H2,2-4H3/t8-/m1/s1. The van der Waals surface area contributed by atoms with E-state index in [-0.39, 0.29) is 12.1 Å². The van der Waals surface area contributed by atoms with Crippen LogP contribution in [0, 0.1) is 0 Å². The van der Waals surface area contributed by atoms with E-state index in [0.717, 1.165) is 5.75 Å². The van der Waals surface area contributed by atoms with Gasteiger partial charge in [-0.25, -0.2) is 4.79 Å². The van der Waals surface area contributed by atoms with E-state index in [1.54, 1.807) is 22.7 Å². The third-order valence-corrected chi connectivity index (χ3v) is 2.86. The number of thioether (sulfide) groups is 1. The van der Waals surface area contributed by atoms with Gasteiger partial charge < -0.3 is 4.74 Å². The molecule has 0 aliphatic carbocycles. The molecule has 0 saturated carbocycles. The number of nitrogens with zero attached hydrogens (tertiary/aromatic N) is 1. The fourth-order valence-corrected chi connectivity index (χ4v) is 2.32.